The molecule has 0 saturated carbocycles. The number of aromatic nitrogens is 1. The summed E-state index contributed by atoms with van der Waals surface area (Å²) in [4.78, 5) is 17.8. The van der Waals surface area contributed by atoms with Crippen LogP contribution in [0.4, 0.5) is 4.39 Å². The van der Waals surface area contributed by atoms with E-state index in [0.29, 0.717) is 18.2 Å². The van der Waals surface area contributed by atoms with Gasteiger partial charge >= 0.3 is 0 Å². The van der Waals surface area contributed by atoms with Crippen LogP contribution in [0.2, 0.25) is 0 Å². The van der Waals surface area contributed by atoms with Gasteiger partial charge < -0.3 is 10.2 Å². The Morgan fingerprint density at radius 3 is 3.16 bits per heavy atom. The second-order valence-electron chi connectivity index (χ2n) is 4.94. The smallest absolute Gasteiger partial charge is 0.255 e. The molecule has 0 aromatic carbocycles. The van der Waals surface area contributed by atoms with Gasteiger partial charge in [0.1, 0.15) is 5.82 Å². The number of likely N-dealkylation sites (tertiary alicyclic amines) is 1. The van der Waals surface area contributed by atoms with E-state index in [1.165, 1.54) is 12.3 Å². The standard InChI is InChI=1S/C14H20FN3O/c1-2-5-17-13-4-3-6-18(10-13)14(19)11-7-12(15)9-16-8-11/h7-9,13,17H,2-6,10H2,1H3. The molecule has 104 valence electrons. The summed E-state index contributed by atoms with van der Waals surface area (Å²) >= 11 is 0. The predicted molar refractivity (Wildman–Crippen MR) is 71.4 cm³/mol. The maximum Gasteiger partial charge on any atom is 0.255 e. The van der Waals surface area contributed by atoms with E-state index in [1.54, 1.807) is 4.90 Å². The Kier molecular flexibility index (Phi) is 4.85. The normalized spacial score (nSPS) is 19.5. The SMILES string of the molecule is CCCNC1CCCN(C(=O)c2cncc(F)c2)C1. The highest BCUT2D eigenvalue weighted by molar-refractivity contribution is 5.94. The number of pyridine rings is 1. The Labute approximate surface area is 113 Å². The zero-order valence-electron chi connectivity index (χ0n) is 11.2. The Hall–Kier alpha value is -1.49. The number of halogens is 1. The van der Waals surface area contributed by atoms with Crippen molar-refractivity contribution in [1.29, 1.82) is 0 Å². The highest BCUT2D eigenvalue weighted by Gasteiger charge is 2.24. The maximum atomic E-state index is 13.1. The number of carbonyl (C=O) groups excluding carboxylic acids is 1. The number of nitrogens with one attached hydrogen (secondary N) is 1. The van der Waals surface area contributed by atoms with Crippen molar-refractivity contribution < 1.29 is 9.18 Å². The highest BCUT2D eigenvalue weighted by Crippen LogP contribution is 2.14. The fourth-order valence-electron chi connectivity index (χ4n) is 2.39. The number of hydrogen-bond donors (Lipinski definition) is 1. The van der Waals surface area contributed by atoms with Gasteiger partial charge in [-0.05, 0) is 31.9 Å². The lowest BCUT2D eigenvalue weighted by atomic mass is 10.0. The van der Waals surface area contributed by atoms with Crippen molar-refractivity contribution in [3.05, 3.63) is 29.8 Å². The van der Waals surface area contributed by atoms with E-state index in [2.05, 4.69) is 17.2 Å². The lowest BCUT2D eigenvalue weighted by Crippen LogP contribution is -2.48. The van der Waals surface area contributed by atoms with E-state index in [4.69, 9.17) is 0 Å². The summed E-state index contributed by atoms with van der Waals surface area (Å²) in [6.07, 6.45) is 5.69. The van der Waals surface area contributed by atoms with Crippen molar-refractivity contribution >= 4 is 5.91 Å². The number of hydrogen-bond acceptors (Lipinski definition) is 3. The van der Waals surface area contributed by atoms with Crippen molar-refractivity contribution in [2.45, 2.75) is 32.2 Å². The van der Waals surface area contributed by atoms with Gasteiger partial charge in [-0.2, -0.15) is 0 Å². The van der Waals surface area contributed by atoms with Crippen LogP contribution in [0.3, 0.4) is 0 Å². The summed E-state index contributed by atoms with van der Waals surface area (Å²) in [7, 11) is 0. The molecule has 1 fully saturated rings. The lowest BCUT2D eigenvalue weighted by molar-refractivity contribution is 0.0694. The third kappa shape index (κ3) is 3.73. The van der Waals surface area contributed by atoms with E-state index < -0.39 is 5.82 Å². The van der Waals surface area contributed by atoms with Crippen LogP contribution in [0.5, 0.6) is 0 Å². The third-order valence-corrected chi connectivity index (χ3v) is 3.34. The van der Waals surface area contributed by atoms with Crippen molar-refractivity contribution in [2.24, 2.45) is 0 Å². The largest absolute Gasteiger partial charge is 0.337 e. The number of nitrogens with zero attached hydrogens (tertiary/aromatic N) is 2. The van der Waals surface area contributed by atoms with Crippen LogP contribution in [-0.2, 0) is 0 Å². The van der Waals surface area contributed by atoms with Gasteiger partial charge in [-0.15, -0.1) is 0 Å². The molecule has 0 spiro atoms. The molecule has 1 aliphatic rings. The van der Waals surface area contributed by atoms with Crippen molar-refractivity contribution in [1.82, 2.24) is 15.2 Å². The number of rotatable bonds is 4. The molecule has 1 aromatic rings. The van der Waals surface area contributed by atoms with Crippen LogP contribution < -0.4 is 5.32 Å². The van der Waals surface area contributed by atoms with Gasteiger partial charge in [0, 0.05) is 25.3 Å². The van der Waals surface area contributed by atoms with Crippen molar-refractivity contribution in [3.63, 3.8) is 0 Å². The fraction of sp³-hybridized carbons (Fsp3) is 0.571. The van der Waals surface area contributed by atoms with Crippen molar-refractivity contribution in [2.75, 3.05) is 19.6 Å². The molecule has 1 atom stereocenters. The molecule has 5 heteroatoms. The summed E-state index contributed by atoms with van der Waals surface area (Å²) in [5.74, 6) is -0.599. The van der Waals surface area contributed by atoms with Gasteiger partial charge in [0.15, 0.2) is 0 Å². The minimum absolute atomic E-state index is 0.130. The molecular formula is C14H20FN3O. The zero-order valence-corrected chi connectivity index (χ0v) is 11.2. The molecule has 2 rings (SSSR count). The van der Waals surface area contributed by atoms with Crippen LogP contribution in [0, 0.1) is 5.82 Å². The molecule has 1 aliphatic heterocycles. The molecule has 1 unspecified atom stereocenters. The second-order valence-corrected chi connectivity index (χ2v) is 4.94. The summed E-state index contributed by atoms with van der Waals surface area (Å²) in [5.41, 5.74) is 0.330. The fourth-order valence-corrected chi connectivity index (χ4v) is 2.39. The first kappa shape index (κ1) is 13.9. The molecule has 19 heavy (non-hydrogen) atoms. The maximum absolute atomic E-state index is 13.1. The van der Waals surface area contributed by atoms with Gasteiger partial charge in [0.25, 0.3) is 5.91 Å². The van der Waals surface area contributed by atoms with E-state index in [-0.39, 0.29) is 5.91 Å². The first-order valence-electron chi connectivity index (χ1n) is 6.84. The Morgan fingerprint density at radius 1 is 1.58 bits per heavy atom. The highest BCUT2D eigenvalue weighted by atomic mass is 19.1. The molecule has 0 aliphatic carbocycles. The minimum atomic E-state index is -0.469. The van der Waals surface area contributed by atoms with Crippen LogP contribution in [0.15, 0.2) is 18.5 Å². The second kappa shape index (κ2) is 6.61. The van der Waals surface area contributed by atoms with Crippen molar-refractivity contribution in [3.8, 4) is 0 Å². The van der Waals surface area contributed by atoms with Crippen LogP contribution >= 0.6 is 0 Å². The molecule has 2 heterocycles. The Morgan fingerprint density at radius 2 is 2.42 bits per heavy atom. The minimum Gasteiger partial charge on any atom is -0.337 e. The summed E-state index contributed by atoms with van der Waals surface area (Å²) in [5, 5.41) is 3.44. The number of amides is 1. The van der Waals surface area contributed by atoms with E-state index in [9.17, 15) is 9.18 Å². The number of carbonyl (C=O) groups is 1. The van der Waals surface area contributed by atoms with E-state index in [0.717, 1.165) is 38.5 Å². The Balaban J connectivity index is 1.99. The zero-order chi connectivity index (χ0) is 13.7. The summed E-state index contributed by atoms with van der Waals surface area (Å²) in [6, 6.07) is 1.59. The molecule has 4 nitrogen and oxygen atoms in total. The molecule has 1 aromatic heterocycles. The van der Waals surface area contributed by atoms with E-state index >= 15 is 0 Å². The van der Waals surface area contributed by atoms with Gasteiger partial charge in [-0.1, -0.05) is 6.92 Å². The Bertz CT molecular complexity index is 438. The summed E-state index contributed by atoms with van der Waals surface area (Å²) < 4.78 is 13.1. The third-order valence-electron chi connectivity index (χ3n) is 3.34. The molecule has 0 bridgehead atoms. The average molecular weight is 265 g/mol. The quantitative estimate of drug-likeness (QED) is 0.903. The van der Waals surface area contributed by atoms with Gasteiger partial charge in [-0.25, -0.2) is 4.39 Å². The first-order chi connectivity index (χ1) is 9.20. The number of piperidine rings is 1. The predicted octanol–water partition coefficient (Wildman–Crippen LogP) is 1.82. The lowest BCUT2D eigenvalue weighted by Gasteiger charge is -2.33. The van der Waals surface area contributed by atoms with Gasteiger partial charge in [0.05, 0.1) is 11.8 Å². The molecule has 1 saturated heterocycles. The van der Waals surface area contributed by atoms with Crippen LogP contribution in [-0.4, -0.2) is 41.5 Å². The molecular weight excluding hydrogens is 245 g/mol. The van der Waals surface area contributed by atoms with Gasteiger partial charge in [0.2, 0.25) is 0 Å². The monoisotopic (exact) mass is 265 g/mol. The van der Waals surface area contributed by atoms with Crippen LogP contribution in [0.1, 0.15) is 36.5 Å². The van der Waals surface area contributed by atoms with Gasteiger partial charge in [-0.3, -0.25) is 9.78 Å². The molecule has 1 N–H and O–H groups in total. The van der Waals surface area contributed by atoms with E-state index in [1.807, 2.05) is 0 Å². The average Bonchev–Trinajstić information content (AvgIpc) is 2.44. The van der Waals surface area contributed by atoms with Crippen LogP contribution in [0.25, 0.3) is 0 Å². The molecule has 0 radical (unpaired) electrons. The molecule has 1 amide bonds. The summed E-state index contributed by atoms with van der Waals surface area (Å²) in [6.45, 7) is 4.51. The first-order valence-corrected chi connectivity index (χ1v) is 6.84. The topological polar surface area (TPSA) is 45.2 Å².